The van der Waals surface area contributed by atoms with Gasteiger partial charge in [-0.2, -0.15) is 0 Å². The Morgan fingerprint density at radius 1 is 1.44 bits per heavy atom. The Kier molecular flexibility index (Phi) is 4.44. The maximum Gasteiger partial charge on any atom is 0.254 e. The number of carbonyl (C=O) groups excluding carboxylic acids is 1. The van der Waals surface area contributed by atoms with Gasteiger partial charge in [-0.05, 0) is 56.4 Å². The van der Waals surface area contributed by atoms with Gasteiger partial charge in [0.25, 0.3) is 5.91 Å². The second-order valence-electron chi connectivity index (χ2n) is 5.02. The van der Waals surface area contributed by atoms with Crippen molar-refractivity contribution in [2.24, 2.45) is 0 Å². The van der Waals surface area contributed by atoms with E-state index in [9.17, 15) is 4.79 Å². The topological polar surface area (TPSA) is 20.3 Å². The van der Waals surface area contributed by atoms with Gasteiger partial charge in [0.05, 0.1) is 0 Å². The molecule has 1 saturated heterocycles. The summed E-state index contributed by atoms with van der Waals surface area (Å²) < 4.78 is 1.03. The summed E-state index contributed by atoms with van der Waals surface area (Å²) in [5, 5.41) is 0. The summed E-state index contributed by atoms with van der Waals surface area (Å²) in [6, 6.07) is 6.32. The monoisotopic (exact) mass is 309 g/mol. The molecule has 0 N–H and O–H groups in total. The highest BCUT2D eigenvalue weighted by molar-refractivity contribution is 9.10. The number of hydrogen-bond acceptors (Lipinski definition) is 1. The van der Waals surface area contributed by atoms with E-state index in [0.717, 1.165) is 41.4 Å². The average Bonchev–Trinajstić information content (AvgIpc) is 2.38. The van der Waals surface area contributed by atoms with Crippen molar-refractivity contribution in [3.05, 3.63) is 33.8 Å². The molecule has 2 rings (SSSR count). The van der Waals surface area contributed by atoms with Gasteiger partial charge in [0.15, 0.2) is 0 Å². The minimum Gasteiger partial charge on any atom is -0.336 e. The van der Waals surface area contributed by atoms with Gasteiger partial charge in [0.1, 0.15) is 0 Å². The lowest BCUT2D eigenvalue weighted by atomic mass is 9.98. The van der Waals surface area contributed by atoms with Crippen LogP contribution in [-0.4, -0.2) is 23.4 Å². The third-order valence-electron chi connectivity index (χ3n) is 3.78. The summed E-state index contributed by atoms with van der Waals surface area (Å²) in [7, 11) is 0. The zero-order valence-electron chi connectivity index (χ0n) is 11.1. The number of piperidine rings is 1. The quantitative estimate of drug-likeness (QED) is 0.803. The zero-order valence-corrected chi connectivity index (χ0v) is 12.7. The molecule has 1 atom stereocenters. The van der Waals surface area contributed by atoms with Crippen LogP contribution in [0.25, 0.3) is 0 Å². The van der Waals surface area contributed by atoms with Crippen molar-refractivity contribution < 1.29 is 4.79 Å². The minimum atomic E-state index is 0.201. The fourth-order valence-corrected chi connectivity index (χ4v) is 3.19. The maximum atomic E-state index is 12.6. The Labute approximate surface area is 117 Å². The van der Waals surface area contributed by atoms with E-state index in [1.165, 1.54) is 6.42 Å². The molecule has 1 aromatic rings. The molecular formula is C15H20BrNO. The van der Waals surface area contributed by atoms with Crippen LogP contribution in [-0.2, 0) is 0 Å². The third kappa shape index (κ3) is 2.77. The summed E-state index contributed by atoms with van der Waals surface area (Å²) in [6.07, 6.45) is 4.60. The summed E-state index contributed by atoms with van der Waals surface area (Å²) in [4.78, 5) is 14.7. The first-order valence-corrected chi connectivity index (χ1v) is 7.50. The second kappa shape index (κ2) is 5.87. The predicted molar refractivity (Wildman–Crippen MR) is 77.8 cm³/mol. The summed E-state index contributed by atoms with van der Waals surface area (Å²) in [5.41, 5.74) is 1.90. The van der Waals surface area contributed by atoms with Crippen LogP contribution in [0.4, 0.5) is 0 Å². The van der Waals surface area contributed by atoms with Gasteiger partial charge in [-0.25, -0.2) is 0 Å². The highest BCUT2D eigenvalue weighted by atomic mass is 79.9. The lowest BCUT2D eigenvalue weighted by Crippen LogP contribution is -2.43. The van der Waals surface area contributed by atoms with Crippen LogP contribution in [0.5, 0.6) is 0 Å². The third-order valence-corrected chi connectivity index (χ3v) is 4.27. The molecule has 1 fully saturated rings. The number of amides is 1. The van der Waals surface area contributed by atoms with Crippen LogP contribution in [0, 0.1) is 6.92 Å². The highest BCUT2D eigenvalue weighted by Gasteiger charge is 2.26. The molecule has 0 saturated carbocycles. The average molecular weight is 310 g/mol. The molecular weight excluding hydrogens is 290 g/mol. The molecule has 1 aliphatic heterocycles. The van der Waals surface area contributed by atoms with Gasteiger partial charge in [0.2, 0.25) is 0 Å². The van der Waals surface area contributed by atoms with Gasteiger partial charge in [-0.3, -0.25) is 4.79 Å². The molecule has 0 spiro atoms. The van der Waals surface area contributed by atoms with E-state index in [-0.39, 0.29) is 5.91 Å². The largest absolute Gasteiger partial charge is 0.336 e. The Morgan fingerprint density at radius 2 is 2.22 bits per heavy atom. The Balaban J connectivity index is 2.24. The number of carbonyl (C=O) groups is 1. The van der Waals surface area contributed by atoms with E-state index in [1.807, 2.05) is 25.1 Å². The molecule has 1 heterocycles. The molecule has 2 nitrogen and oxygen atoms in total. The number of nitrogens with zero attached hydrogens (tertiary/aromatic N) is 1. The van der Waals surface area contributed by atoms with E-state index in [0.29, 0.717) is 6.04 Å². The number of hydrogen-bond donors (Lipinski definition) is 0. The van der Waals surface area contributed by atoms with E-state index in [2.05, 4.69) is 27.8 Å². The summed E-state index contributed by atoms with van der Waals surface area (Å²) in [5.74, 6) is 0.201. The molecule has 0 aliphatic carbocycles. The van der Waals surface area contributed by atoms with E-state index in [1.54, 1.807) is 0 Å². The van der Waals surface area contributed by atoms with E-state index in [4.69, 9.17) is 0 Å². The minimum absolute atomic E-state index is 0.201. The molecule has 0 aromatic heterocycles. The highest BCUT2D eigenvalue weighted by Crippen LogP contribution is 2.24. The van der Waals surface area contributed by atoms with E-state index >= 15 is 0 Å². The first-order valence-electron chi connectivity index (χ1n) is 6.70. The van der Waals surface area contributed by atoms with E-state index < -0.39 is 0 Å². The first kappa shape index (κ1) is 13.6. The molecule has 1 aromatic carbocycles. The molecule has 1 amide bonds. The van der Waals surface area contributed by atoms with Crippen LogP contribution >= 0.6 is 15.9 Å². The van der Waals surface area contributed by atoms with Crippen molar-refractivity contribution in [1.29, 1.82) is 0 Å². The predicted octanol–water partition coefficient (Wildman–Crippen LogP) is 4.16. The number of benzene rings is 1. The number of halogens is 1. The Morgan fingerprint density at radius 3 is 2.89 bits per heavy atom. The molecule has 98 valence electrons. The lowest BCUT2D eigenvalue weighted by molar-refractivity contribution is 0.0607. The number of rotatable bonds is 2. The van der Waals surface area contributed by atoms with Crippen molar-refractivity contribution in [3.63, 3.8) is 0 Å². The van der Waals surface area contributed by atoms with Crippen molar-refractivity contribution >= 4 is 21.8 Å². The van der Waals surface area contributed by atoms with Gasteiger partial charge >= 0.3 is 0 Å². The fourth-order valence-electron chi connectivity index (χ4n) is 2.71. The van der Waals surface area contributed by atoms with Crippen molar-refractivity contribution in [1.82, 2.24) is 4.90 Å². The summed E-state index contributed by atoms with van der Waals surface area (Å²) >= 11 is 3.44. The first-order chi connectivity index (χ1) is 8.63. The zero-order chi connectivity index (χ0) is 13.1. The molecule has 1 aliphatic rings. The standard InChI is InChI=1S/C15H20BrNO/c1-3-13-6-4-5-9-17(13)15(18)14-8-7-12(16)10-11(14)2/h7-8,10,13H,3-6,9H2,1-2H3. The van der Waals surface area contributed by atoms with Gasteiger partial charge in [0, 0.05) is 22.6 Å². The van der Waals surface area contributed by atoms with Crippen LogP contribution in [0.15, 0.2) is 22.7 Å². The van der Waals surface area contributed by atoms with Gasteiger partial charge < -0.3 is 4.90 Å². The molecule has 3 heteroatoms. The number of likely N-dealkylation sites (tertiary alicyclic amines) is 1. The van der Waals surface area contributed by atoms with Crippen LogP contribution in [0.3, 0.4) is 0 Å². The molecule has 0 bridgehead atoms. The molecule has 1 unspecified atom stereocenters. The van der Waals surface area contributed by atoms with Crippen molar-refractivity contribution in [2.45, 2.75) is 45.6 Å². The Bertz CT molecular complexity index is 444. The van der Waals surface area contributed by atoms with Gasteiger partial charge in [-0.15, -0.1) is 0 Å². The SMILES string of the molecule is CCC1CCCCN1C(=O)c1ccc(Br)cc1C. The van der Waals surface area contributed by atoms with Gasteiger partial charge in [-0.1, -0.05) is 22.9 Å². The molecule has 18 heavy (non-hydrogen) atoms. The van der Waals surface area contributed by atoms with Crippen LogP contribution in [0.1, 0.15) is 48.5 Å². The molecule has 0 radical (unpaired) electrons. The van der Waals surface area contributed by atoms with Crippen molar-refractivity contribution in [2.75, 3.05) is 6.54 Å². The van der Waals surface area contributed by atoms with Crippen LogP contribution < -0.4 is 0 Å². The maximum absolute atomic E-state index is 12.6. The number of aryl methyl sites for hydroxylation is 1. The Hall–Kier alpha value is -0.830. The fraction of sp³-hybridized carbons (Fsp3) is 0.533. The lowest BCUT2D eigenvalue weighted by Gasteiger charge is -2.35. The van der Waals surface area contributed by atoms with Crippen LogP contribution in [0.2, 0.25) is 0 Å². The summed E-state index contributed by atoms with van der Waals surface area (Å²) in [6.45, 7) is 5.08. The second-order valence-corrected chi connectivity index (χ2v) is 5.93. The normalized spacial score (nSPS) is 19.9. The van der Waals surface area contributed by atoms with Crippen molar-refractivity contribution in [3.8, 4) is 0 Å². The smallest absolute Gasteiger partial charge is 0.254 e.